The van der Waals surface area contributed by atoms with Gasteiger partial charge in [-0.2, -0.15) is 0 Å². The minimum atomic E-state index is 0.700. The molecule has 2 heteroatoms. The maximum Gasteiger partial charge on any atom is 0.119 e. The first-order chi connectivity index (χ1) is 15.5. The second kappa shape index (κ2) is 8.81. The molecule has 0 aliphatic heterocycles. The lowest BCUT2D eigenvalue weighted by atomic mass is 9.76. The number of hydrogen-bond donors (Lipinski definition) is 0. The molecular weight excluding hydrogens is 392 g/mol. The van der Waals surface area contributed by atoms with Crippen LogP contribution in [0.2, 0.25) is 0 Å². The van der Waals surface area contributed by atoms with Gasteiger partial charge in [-0.05, 0) is 110 Å². The quantitative estimate of drug-likeness (QED) is 0.433. The molecule has 168 valence electrons. The minimum Gasteiger partial charge on any atom is -0.493 e. The van der Waals surface area contributed by atoms with Gasteiger partial charge in [-0.1, -0.05) is 48.6 Å². The number of fused-ring (bicyclic) bond motifs is 5. The molecule has 2 nitrogen and oxygen atoms in total. The molecule has 6 atom stereocenters. The first-order valence-electron chi connectivity index (χ1n) is 12.3. The minimum absolute atomic E-state index is 0.700. The third kappa shape index (κ3) is 4.25. The molecule has 0 spiro atoms. The molecule has 2 aromatic carbocycles. The Balaban J connectivity index is 1.12. The van der Waals surface area contributed by atoms with E-state index in [4.69, 9.17) is 9.47 Å². The van der Waals surface area contributed by atoms with E-state index in [-0.39, 0.29) is 0 Å². The second-order valence-electron chi connectivity index (χ2n) is 10.6. The largest absolute Gasteiger partial charge is 0.493 e. The summed E-state index contributed by atoms with van der Waals surface area (Å²) < 4.78 is 12.4. The molecule has 0 radical (unpaired) electrons. The Labute approximate surface area is 193 Å². The van der Waals surface area contributed by atoms with Gasteiger partial charge in [-0.15, -0.1) is 0 Å². The highest BCUT2D eigenvalue weighted by atomic mass is 16.5. The van der Waals surface area contributed by atoms with Crippen molar-refractivity contribution in [2.75, 3.05) is 13.2 Å². The van der Waals surface area contributed by atoms with Gasteiger partial charge in [-0.3, -0.25) is 0 Å². The Bertz CT molecular complexity index is 971. The molecule has 3 saturated carbocycles. The van der Waals surface area contributed by atoms with E-state index in [9.17, 15) is 0 Å². The summed E-state index contributed by atoms with van der Waals surface area (Å²) in [5.41, 5.74) is 4.56. The van der Waals surface area contributed by atoms with Gasteiger partial charge in [0, 0.05) is 0 Å². The summed E-state index contributed by atoms with van der Waals surface area (Å²) in [6, 6.07) is 16.8. The third-order valence-electron chi connectivity index (χ3n) is 8.35. The van der Waals surface area contributed by atoms with Crippen LogP contribution in [0.15, 0.2) is 61.7 Å². The summed E-state index contributed by atoms with van der Waals surface area (Å²) in [6.07, 6.45) is 5.46. The highest BCUT2D eigenvalue weighted by Gasteiger charge is 2.55. The van der Waals surface area contributed by atoms with Crippen LogP contribution >= 0.6 is 0 Å². The molecule has 3 fully saturated rings. The molecule has 3 aliphatic carbocycles. The lowest BCUT2D eigenvalue weighted by Gasteiger charge is -2.31. The molecule has 2 aromatic rings. The first kappa shape index (κ1) is 21.4. The monoisotopic (exact) mass is 428 g/mol. The molecule has 6 unspecified atom stereocenters. The van der Waals surface area contributed by atoms with Crippen LogP contribution in [0.5, 0.6) is 11.5 Å². The fourth-order valence-corrected chi connectivity index (χ4v) is 6.74. The van der Waals surface area contributed by atoms with Gasteiger partial charge >= 0.3 is 0 Å². The zero-order chi connectivity index (χ0) is 22.2. The molecule has 0 N–H and O–H groups in total. The predicted molar refractivity (Wildman–Crippen MR) is 133 cm³/mol. The normalized spacial score (nSPS) is 30.2. The number of benzene rings is 2. The zero-order valence-electron chi connectivity index (χ0n) is 19.6. The standard InChI is InChI=1S/C30H36O2/c1-19(2)22-5-9-26(10-6-22)31-17-21-13-28-24-15-25(29(16-24)30(28)14-21)18-32-27-11-7-23(8-12-27)20(3)4/h5-12,21,24-25,28-30H,1,3,13-18H2,2,4H3. The first-order valence-corrected chi connectivity index (χ1v) is 12.3. The molecule has 32 heavy (non-hydrogen) atoms. The lowest BCUT2D eigenvalue weighted by molar-refractivity contribution is 0.132. The maximum absolute atomic E-state index is 6.22. The summed E-state index contributed by atoms with van der Waals surface area (Å²) in [4.78, 5) is 0. The van der Waals surface area contributed by atoms with Gasteiger partial charge < -0.3 is 9.47 Å². The van der Waals surface area contributed by atoms with Gasteiger partial charge in [0.15, 0.2) is 0 Å². The van der Waals surface area contributed by atoms with Crippen LogP contribution in [-0.2, 0) is 0 Å². The number of rotatable bonds is 8. The smallest absolute Gasteiger partial charge is 0.119 e. The van der Waals surface area contributed by atoms with Gasteiger partial charge in [0.2, 0.25) is 0 Å². The number of allylic oxidation sites excluding steroid dienone is 2. The van der Waals surface area contributed by atoms with Crippen molar-refractivity contribution in [1.29, 1.82) is 0 Å². The van der Waals surface area contributed by atoms with Crippen LogP contribution in [0, 0.1) is 35.5 Å². The highest BCUT2D eigenvalue weighted by Crippen LogP contribution is 2.62. The van der Waals surface area contributed by atoms with Crippen molar-refractivity contribution in [3.63, 3.8) is 0 Å². The van der Waals surface area contributed by atoms with Crippen molar-refractivity contribution in [3.05, 3.63) is 72.8 Å². The molecule has 2 bridgehead atoms. The van der Waals surface area contributed by atoms with E-state index >= 15 is 0 Å². The van der Waals surface area contributed by atoms with Gasteiger partial charge in [0.25, 0.3) is 0 Å². The van der Waals surface area contributed by atoms with E-state index in [0.717, 1.165) is 65.4 Å². The van der Waals surface area contributed by atoms with E-state index in [1.807, 2.05) is 13.8 Å². The number of ether oxygens (including phenoxy) is 2. The van der Waals surface area contributed by atoms with Crippen LogP contribution in [-0.4, -0.2) is 13.2 Å². The summed E-state index contributed by atoms with van der Waals surface area (Å²) >= 11 is 0. The van der Waals surface area contributed by atoms with Crippen molar-refractivity contribution in [2.45, 2.75) is 39.5 Å². The Morgan fingerprint density at radius 1 is 0.688 bits per heavy atom. The third-order valence-corrected chi connectivity index (χ3v) is 8.35. The van der Waals surface area contributed by atoms with E-state index in [1.165, 1.54) is 36.8 Å². The SMILES string of the molecule is C=C(C)c1ccc(OCC2CC3C4CC(COc5ccc(C(=C)C)cc5)C(C4)C3C2)cc1. The Kier molecular flexibility index (Phi) is 5.88. The molecule has 0 saturated heterocycles. The molecule has 0 amide bonds. The second-order valence-corrected chi connectivity index (χ2v) is 10.6. The van der Waals surface area contributed by atoms with E-state index < -0.39 is 0 Å². The summed E-state index contributed by atoms with van der Waals surface area (Å²) in [6.45, 7) is 13.8. The predicted octanol–water partition coefficient (Wildman–Crippen LogP) is 7.51. The van der Waals surface area contributed by atoms with Crippen LogP contribution in [0.25, 0.3) is 11.1 Å². The van der Waals surface area contributed by atoms with Gasteiger partial charge in [0.05, 0.1) is 13.2 Å². The summed E-state index contributed by atoms with van der Waals surface area (Å²) in [5.74, 6) is 6.95. The zero-order valence-corrected chi connectivity index (χ0v) is 19.6. The van der Waals surface area contributed by atoms with Crippen molar-refractivity contribution in [1.82, 2.24) is 0 Å². The van der Waals surface area contributed by atoms with Crippen LogP contribution in [0.4, 0.5) is 0 Å². The Morgan fingerprint density at radius 2 is 1.22 bits per heavy atom. The fraction of sp³-hybridized carbons (Fsp3) is 0.467. The van der Waals surface area contributed by atoms with Crippen molar-refractivity contribution in [2.24, 2.45) is 35.5 Å². The average Bonchev–Trinajstić information content (AvgIpc) is 3.48. The van der Waals surface area contributed by atoms with E-state index in [0.29, 0.717) is 5.92 Å². The molecule has 5 rings (SSSR count). The molecule has 0 heterocycles. The Morgan fingerprint density at radius 3 is 1.78 bits per heavy atom. The van der Waals surface area contributed by atoms with Gasteiger partial charge in [0.1, 0.15) is 11.5 Å². The molecule has 3 aliphatic rings. The van der Waals surface area contributed by atoms with Crippen molar-refractivity contribution < 1.29 is 9.47 Å². The lowest BCUT2D eigenvalue weighted by Crippen LogP contribution is -2.28. The average molecular weight is 429 g/mol. The fourth-order valence-electron chi connectivity index (χ4n) is 6.74. The summed E-state index contributed by atoms with van der Waals surface area (Å²) in [7, 11) is 0. The van der Waals surface area contributed by atoms with Crippen LogP contribution in [0.3, 0.4) is 0 Å². The van der Waals surface area contributed by atoms with E-state index in [2.05, 4.69) is 61.7 Å². The Hall–Kier alpha value is -2.48. The van der Waals surface area contributed by atoms with Gasteiger partial charge in [-0.25, -0.2) is 0 Å². The summed E-state index contributed by atoms with van der Waals surface area (Å²) in [5, 5.41) is 0. The highest BCUT2D eigenvalue weighted by molar-refractivity contribution is 5.62. The molecular formula is C30H36O2. The van der Waals surface area contributed by atoms with E-state index in [1.54, 1.807) is 0 Å². The number of hydrogen-bond acceptors (Lipinski definition) is 2. The maximum atomic E-state index is 6.22. The van der Waals surface area contributed by atoms with Crippen LogP contribution in [0.1, 0.15) is 50.7 Å². The topological polar surface area (TPSA) is 18.5 Å². The van der Waals surface area contributed by atoms with Crippen molar-refractivity contribution >= 4 is 11.1 Å². The van der Waals surface area contributed by atoms with Crippen molar-refractivity contribution in [3.8, 4) is 11.5 Å². The molecule has 0 aromatic heterocycles. The van der Waals surface area contributed by atoms with Crippen LogP contribution < -0.4 is 9.47 Å².